The SMILES string of the molecule is C=P(C)(C)CC[C@H]1OC(n2cnc3c(=O)[nH]c(NCCCC)nc32)[C@H](O)[C@@H]1O.C=P(C)(C)CC[C@H]1OC(n2cnc3c(OC)nc(C)nc32)[C@H](O)[C@@H]1O.C=P(C)(C)CC[C@H]1OC(n2cnc3c(OCC)nc(C)nc32)[C@H](Cl)[C@@H]1O.C=P(C)(C)CC[C@H]1OC(n2cnc3c(OCCC)nc(N)nc32)[C@H](Cl)[C@@H]1O.C=P(C)(C)CC[C@H]1OC(n2cnc3c(OCCCC)nc(N)nc32)[C@H](Cl)[C@@H]1O. The van der Waals surface area contributed by atoms with Crippen molar-refractivity contribution in [1.29, 1.82) is 0 Å². The highest BCUT2D eigenvalue weighted by atomic mass is 35.5. The second kappa shape index (κ2) is 46.0. The molecule has 0 radical (unpaired) electrons. The Morgan fingerprint density at radius 3 is 1.05 bits per heavy atom. The van der Waals surface area contributed by atoms with E-state index in [1.165, 1.54) is 24.3 Å². The Morgan fingerprint density at radius 2 is 0.709 bits per heavy atom. The number of nitrogen functional groups attached to an aromatic ring is 2. The molecule has 20 atom stereocenters. The Hall–Kier alpha value is -6.96. The van der Waals surface area contributed by atoms with Crippen LogP contribution in [-0.4, -0.2) is 385 Å². The molecule has 5 saturated heterocycles. The van der Waals surface area contributed by atoms with Gasteiger partial charge in [0.2, 0.25) is 41.4 Å². The van der Waals surface area contributed by atoms with E-state index in [-0.39, 0.29) is 41.3 Å². The molecule has 0 aliphatic carbocycles. The summed E-state index contributed by atoms with van der Waals surface area (Å²) in [7, 11) is 1.52. The molecule has 0 amide bonds. The zero-order valence-corrected chi connectivity index (χ0v) is 86.4. The predicted molar refractivity (Wildman–Crippen MR) is 542 cm³/mol. The highest BCUT2D eigenvalue weighted by molar-refractivity contribution is 7.73. The number of rotatable bonds is 34. The smallest absolute Gasteiger partial charge is 0.280 e. The number of unbranched alkanes of at least 4 members (excludes halogenated alkanes) is 2. The predicted octanol–water partition coefficient (Wildman–Crippen LogP) is 9.13. The van der Waals surface area contributed by atoms with E-state index in [2.05, 4.69) is 192 Å². The molecule has 0 saturated carbocycles. The third-order valence-corrected chi connectivity index (χ3v) is 31.5. The highest BCUT2D eigenvalue weighted by Gasteiger charge is 2.50. The summed E-state index contributed by atoms with van der Waals surface area (Å²) in [5, 5.41) is 74.7. The van der Waals surface area contributed by atoms with E-state index in [0.29, 0.717) is 143 Å². The number of aryl methyl sites for hydroxylation is 2. The molecule has 15 heterocycles. The molecule has 5 aliphatic heterocycles. The summed E-state index contributed by atoms with van der Waals surface area (Å²) in [5.41, 5.74) is 15.9. The fourth-order valence-corrected chi connectivity index (χ4v) is 21.3. The molecule has 0 bridgehead atoms. The first-order chi connectivity index (χ1) is 63.0. The van der Waals surface area contributed by atoms with Crippen LogP contribution in [0.2, 0.25) is 0 Å². The van der Waals surface area contributed by atoms with E-state index < -0.39 is 137 Å². The zero-order chi connectivity index (χ0) is 98.1. The van der Waals surface area contributed by atoms with Crippen molar-refractivity contribution >= 4 is 174 Å². The molecule has 48 heteroatoms. The second-order valence-electron chi connectivity index (χ2n) is 37.8. The number of aromatic amines is 1. The fourth-order valence-electron chi connectivity index (χ4n) is 15.5. The van der Waals surface area contributed by atoms with E-state index in [0.717, 1.165) is 69.3 Å². The number of H-pyrrole nitrogens is 1. The average molecular weight is 2030 g/mol. The van der Waals surface area contributed by atoms with Crippen LogP contribution in [0.25, 0.3) is 55.8 Å². The summed E-state index contributed by atoms with van der Waals surface area (Å²) in [5.74, 6) is 3.12. The zero-order valence-electron chi connectivity index (χ0n) is 79.6. The lowest BCUT2D eigenvalue weighted by Gasteiger charge is -2.19. The van der Waals surface area contributed by atoms with Crippen LogP contribution in [0, 0.1) is 13.8 Å². The Morgan fingerprint density at radius 1 is 0.403 bits per heavy atom. The molecular formula is C86H137Cl3N23O17P5. The van der Waals surface area contributed by atoms with Crippen LogP contribution in [0.1, 0.15) is 135 Å². The van der Waals surface area contributed by atoms with Crippen molar-refractivity contribution in [2.45, 2.75) is 226 Å². The van der Waals surface area contributed by atoms with Crippen molar-refractivity contribution in [2.75, 3.05) is 148 Å². The molecule has 744 valence electrons. The minimum Gasteiger partial charge on any atom is -0.479 e. The van der Waals surface area contributed by atoms with Gasteiger partial charge in [0.25, 0.3) is 5.56 Å². The third kappa shape index (κ3) is 27.0. The van der Waals surface area contributed by atoms with Gasteiger partial charge in [0.1, 0.15) is 70.5 Å². The van der Waals surface area contributed by atoms with Crippen LogP contribution in [0.3, 0.4) is 0 Å². The van der Waals surface area contributed by atoms with E-state index in [4.69, 9.17) is 88.9 Å². The largest absolute Gasteiger partial charge is 0.479 e. The van der Waals surface area contributed by atoms with E-state index in [1.54, 1.807) is 51.1 Å². The standard InChI is InChI=1S/C18H29ClN5O3P.C18H30N5O4P.C17H27ClN5O3P.C17H26ClN4O3P.C16H25N4O4P/c1-5-6-8-26-16-13-15(22-18(20)23-16)24(10-21-13)17-12(19)14(25)11(27-17)7-9-28(2,3)4;1-5-6-8-19-18-21-15-12(16(26)22-18)20-10-23(15)17-14(25)13(24)11(27-17)7-9-28(2,3)4;1-5-7-25-15-12-14(21-17(19)22-15)23(9-20-12)16-11(18)13(24)10(26-16)6-8-27(2,3)4;1-6-24-16-13-15(20-10(2)21-16)22(9-19-13)17-12(18)14(23)11(25-17)7-8-26(3,4)5;1-9-18-14-11(15(19-9)23-2)17-8-20(14)16-13(22)12(21)10(24-16)6-7-25(3,4)5/h10-12,14,17,25H,2,5-9H2,1,3-4H3,(H2,20,22,23);10-11,13-14,17,24-25H,2,5-9H2,1,3-4H3,(H2,19,21,22,26);9-11,13,16,24H,2,5-8H2,1,3-4H3,(H2,19,21,22);9,11-12,14,17,23H,3,6-8H2,1-2,4-5H3;8,10,12-13,16,21-22H,3,6-7H2,1-2,4-5H3/t11-,12-,14-,17?;11-,13-,14-,17?;10-,11-,13-,16?;11-,12-,14-,17?;10-,12-,13-,16?/m11111/s1. The lowest BCUT2D eigenvalue weighted by Crippen LogP contribution is -2.32. The normalized spacial score (nSPS) is 26.1. The molecular weight excluding hydrogens is 1890 g/mol. The first-order valence-electron chi connectivity index (χ1n) is 44.9. The number of hydrogen-bond donors (Lipinski definition) is 11. The van der Waals surface area contributed by atoms with Gasteiger partial charge in [-0.15, -0.1) is 101 Å². The number of hydrogen-bond acceptors (Lipinski definition) is 34. The van der Waals surface area contributed by atoms with E-state index >= 15 is 0 Å². The molecule has 5 aliphatic rings. The van der Waals surface area contributed by atoms with Gasteiger partial charge in [-0.25, -0.2) is 34.9 Å². The number of halogens is 3. The minimum atomic E-state index is -1.27. The Bertz CT molecular complexity index is 5940. The first-order valence-corrected chi connectivity index (χ1v) is 61.5. The third-order valence-electron chi connectivity index (χ3n) is 22.7. The van der Waals surface area contributed by atoms with Crippen LogP contribution < -0.4 is 41.3 Å². The molecule has 0 aromatic carbocycles. The average Bonchev–Trinajstić information content (AvgIpc) is 1.64. The Labute approximate surface area is 796 Å². The maximum Gasteiger partial charge on any atom is 0.280 e. The number of methoxy groups -OCH3 is 1. The van der Waals surface area contributed by atoms with Crippen molar-refractivity contribution in [2.24, 2.45) is 0 Å². The summed E-state index contributed by atoms with van der Waals surface area (Å²) in [6, 6.07) is 0. The monoisotopic (exact) mass is 2020 g/mol. The summed E-state index contributed by atoms with van der Waals surface area (Å²) in [4.78, 5) is 75.2. The molecule has 15 rings (SSSR count). The number of aromatic nitrogens is 20. The van der Waals surface area contributed by atoms with Gasteiger partial charge in [-0.05, 0) is 170 Å². The summed E-state index contributed by atoms with van der Waals surface area (Å²) >= 11 is 19.5. The van der Waals surface area contributed by atoms with Crippen LogP contribution >= 0.6 is 69.2 Å². The first kappa shape index (κ1) is 107. The lowest BCUT2D eigenvalue weighted by atomic mass is 10.1. The maximum absolute atomic E-state index is 12.3. The maximum atomic E-state index is 12.3. The number of ether oxygens (including phenoxy) is 9. The van der Waals surface area contributed by atoms with Crippen LogP contribution in [-0.2, 0) is 23.7 Å². The number of imidazole rings is 5. The van der Waals surface area contributed by atoms with Gasteiger partial charge in [-0.1, -0.05) is 33.6 Å². The number of anilines is 3. The number of nitrogens with two attached hydrogens (primary N) is 2. The molecule has 0 spiro atoms. The summed E-state index contributed by atoms with van der Waals surface area (Å²) in [6.45, 7) is 29.2. The number of nitrogens with one attached hydrogen (secondary N) is 2. The van der Waals surface area contributed by atoms with Crippen molar-refractivity contribution < 1.29 is 78.4 Å². The fraction of sp³-hybridized carbons (Fsp3) is 0.651. The summed E-state index contributed by atoms with van der Waals surface area (Å²) < 4.78 is 60.7. The van der Waals surface area contributed by atoms with Gasteiger partial charge >= 0.3 is 0 Å². The van der Waals surface area contributed by atoms with Gasteiger partial charge in [0.15, 0.2) is 87.0 Å². The molecule has 10 aromatic rings. The van der Waals surface area contributed by atoms with Crippen molar-refractivity contribution in [3.63, 3.8) is 0 Å². The number of fused-ring (bicyclic) bond motifs is 5. The number of alkyl halides is 3. The van der Waals surface area contributed by atoms with Gasteiger partial charge in [0, 0.05) is 6.54 Å². The van der Waals surface area contributed by atoms with E-state index in [1.807, 2.05) is 13.8 Å². The molecule has 10 aromatic heterocycles. The number of aliphatic hydroxyl groups excluding tert-OH is 7. The number of aliphatic hydroxyl groups is 7. The van der Waals surface area contributed by atoms with Gasteiger partial charge < -0.3 is 95.2 Å². The van der Waals surface area contributed by atoms with Gasteiger partial charge in [0.05, 0.1) is 89.1 Å². The molecule has 5 fully saturated rings. The van der Waals surface area contributed by atoms with Gasteiger partial charge in [-0.2, -0.15) is 34.9 Å². The van der Waals surface area contributed by atoms with Gasteiger partial charge in [-0.3, -0.25) is 32.6 Å². The Kier molecular flexibility index (Phi) is 36.9. The van der Waals surface area contributed by atoms with Crippen molar-refractivity contribution in [3.8, 4) is 23.5 Å². The quantitative estimate of drug-likeness (QED) is 0.0102. The van der Waals surface area contributed by atoms with Crippen LogP contribution in [0.15, 0.2) is 36.4 Å². The highest BCUT2D eigenvalue weighted by Crippen LogP contribution is 2.48. The van der Waals surface area contributed by atoms with E-state index in [9.17, 15) is 40.5 Å². The molecule has 40 nitrogen and oxygen atoms in total. The Balaban J connectivity index is 0.000000161. The van der Waals surface area contributed by atoms with Crippen molar-refractivity contribution in [1.82, 2.24) is 97.6 Å². The number of nitrogens with zero attached hydrogens (tertiary/aromatic N) is 19. The van der Waals surface area contributed by atoms with Crippen molar-refractivity contribution in [3.05, 3.63) is 53.6 Å². The summed E-state index contributed by atoms with van der Waals surface area (Å²) in [6.07, 6.45) is 29.6. The molecule has 13 N–H and O–H groups in total. The topological polar surface area (TPSA) is 527 Å². The minimum absolute atomic E-state index is 0.0835. The second-order valence-corrected chi connectivity index (χ2v) is 60.9. The molecule has 134 heavy (non-hydrogen) atoms. The lowest BCUT2D eigenvalue weighted by molar-refractivity contribution is -0.0353. The van der Waals surface area contributed by atoms with Crippen LogP contribution in [0.5, 0.6) is 23.5 Å². The molecule has 5 unspecified atom stereocenters. The van der Waals surface area contributed by atoms with Crippen LogP contribution in [0.4, 0.5) is 17.8 Å².